The molecule has 0 N–H and O–H groups in total. The molecule has 82 valence electrons. The van der Waals surface area contributed by atoms with Gasteiger partial charge in [0.1, 0.15) is 0 Å². The first-order valence-electron chi connectivity index (χ1n) is 5.63. The van der Waals surface area contributed by atoms with Gasteiger partial charge < -0.3 is 0 Å². The minimum absolute atomic E-state index is 0.175. The Morgan fingerprint density at radius 2 is 1.93 bits per heavy atom. The van der Waals surface area contributed by atoms with E-state index in [1.807, 2.05) is 12.1 Å². The van der Waals surface area contributed by atoms with Crippen molar-refractivity contribution in [1.82, 2.24) is 0 Å². The molecule has 1 fully saturated rings. The zero-order chi connectivity index (χ0) is 10.7. The molecule has 1 aliphatic rings. The smallest absolute Gasteiger partial charge is 0.0928 e. The van der Waals surface area contributed by atoms with Gasteiger partial charge in [-0.3, -0.25) is 4.39 Å². The van der Waals surface area contributed by atoms with Crippen LogP contribution in [-0.4, -0.2) is 6.67 Å². The molecule has 0 aliphatic heterocycles. The fourth-order valence-corrected chi connectivity index (χ4v) is 3.16. The Bertz CT molecular complexity index is 324. The number of rotatable bonds is 2. The lowest BCUT2D eigenvalue weighted by Crippen LogP contribution is -2.19. The first kappa shape index (κ1) is 11.1. The molecule has 2 heteroatoms. The fourth-order valence-electron chi connectivity index (χ4n) is 2.58. The summed E-state index contributed by atoms with van der Waals surface area (Å²) in [5.41, 5.74) is 1.29. The largest absolute Gasteiger partial charge is 0.251 e. The number of hydrogen-bond donors (Lipinski definition) is 0. The second-order valence-electron chi connectivity index (χ2n) is 4.33. The van der Waals surface area contributed by atoms with Crippen LogP contribution in [-0.2, 0) is 0 Å². The van der Waals surface area contributed by atoms with Crippen LogP contribution in [0.25, 0.3) is 0 Å². The van der Waals surface area contributed by atoms with Gasteiger partial charge in [0.05, 0.1) is 6.67 Å². The maximum atomic E-state index is 12.9. The molecule has 0 aromatic heterocycles. The standard InChI is InChI=1S/C13H16BrF/c14-13-8-4-3-7-12(13)11-6-2-1-5-10(11)9-15/h3-4,7-8,10-11H,1-2,5-6,9H2. The zero-order valence-electron chi connectivity index (χ0n) is 8.76. The lowest BCUT2D eigenvalue weighted by Gasteiger charge is -2.30. The molecule has 2 unspecified atom stereocenters. The van der Waals surface area contributed by atoms with Crippen LogP contribution in [0.1, 0.15) is 37.2 Å². The Kier molecular flexibility index (Phi) is 3.79. The molecule has 1 saturated carbocycles. The normalized spacial score (nSPS) is 26.5. The number of halogens is 2. The molecule has 0 amide bonds. The van der Waals surface area contributed by atoms with Crippen LogP contribution in [0, 0.1) is 5.92 Å². The summed E-state index contributed by atoms with van der Waals surface area (Å²) in [6.45, 7) is -0.175. The highest BCUT2D eigenvalue weighted by Gasteiger charge is 2.27. The Labute approximate surface area is 99.0 Å². The second-order valence-corrected chi connectivity index (χ2v) is 5.18. The van der Waals surface area contributed by atoms with Crippen molar-refractivity contribution < 1.29 is 4.39 Å². The maximum absolute atomic E-state index is 12.9. The summed E-state index contributed by atoms with van der Waals surface area (Å²) in [7, 11) is 0. The van der Waals surface area contributed by atoms with E-state index in [2.05, 4.69) is 28.1 Å². The summed E-state index contributed by atoms with van der Waals surface area (Å²) in [5.74, 6) is 0.650. The third kappa shape index (κ3) is 2.41. The van der Waals surface area contributed by atoms with Crippen molar-refractivity contribution in [2.45, 2.75) is 31.6 Å². The van der Waals surface area contributed by atoms with Crippen LogP contribution in [0.2, 0.25) is 0 Å². The van der Waals surface area contributed by atoms with Crippen molar-refractivity contribution in [3.63, 3.8) is 0 Å². The van der Waals surface area contributed by atoms with Crippen molar-refractivity contribution in [2.75, 3.05) is 6.67 Å². The van der Waals surface area contributed by atoms with Gasteiger partial charge in [0.2, 0.25) is 0 Å². The molecule has 2 rings (SSSR count). The van der Waals surface area contributed by atoms with Gasteiger partial charge in [-0.05, 0) is 36.3 Å². The highest BCUT2D eigenvalue weighted by Crippen LogP contribution is 2.40. The predicted molar refractivity (Wildman–Crippen MR) is 64.8 cm³/mol. The predicted octanol–water partition coefficient (Wildman–Crippen LogP) is 4.69. The van der Waals surface area contributed by atoms with Gasteiger partial charge in [-0.2, -0.15) is 0 Å². The van der Waals surface area contributed by atoms with Gasteiger partial charge in [0.25, 0.3) is 0 Å². The van der Waals surface area contributed by atoms with Gasteiger partial charge in [0, 0.05) is 4.47 Å². The third-order valence-corrected chi connectivity index (χ3v) is 4.13. The van der Waals surface area contributed by atoms with Gasteiger partial charge in [-0.1, -0.05) is 47.0 Å². The first-order valence-corrected chi connectivity index (χ1v) is 6.42. The second kappa shape index (κ2) is 5.11. The lowest BCUT2D eigenvalue weighted by molar-refractivity contribution is 0.245. The number of hydrogen-bond acceptors (Lipinski definition) is 0. The van der Waals surface area contributed by atoms with Crippen LogP contribution in [0.3, 0.4) is 0 Å². The quantitative estimate of drug-likeness (QED) is 0.731. The highest BCUT2D eigenvalue weighted by atomic mass is 79.9. The molecule has 0 bridgehead atoms. The Morgan fingerprint density at radius 1 is 1.20 bits per heavy atom. The van der Waals surface area contributed by atoms with Gasteiger partial charge in [-0.15, -0.1) is 0 Å². The highest BCUT2D eigenvalue weighted by molar-refractivity contribution is 9.10. The molecule has 0 radical (unpaired) electrons. The van der Waals surface area contributed by atoms with E-state index in [1.54, 1.807) is 0 Å². The van der Waals surface area contributed by atoms with Crippen molar-refractivity contribution in [1.29, 1.82) is 0 Å². The molecule has 0 spiro atoms. The number of alkyl halides is 1. The lowest BCUT2D eigenvalue weighted by atomic mass is 9.76. The molecule has 0 saturated heterocycles. The minimum Gasteiger partial charge on any atom is -0.251 e. The molecule has 1 aromatic carbocycles. The Morgan fingerprint density at radius 3 is 2.67 bits per heavy atom. The maximum Gasteiger partial charge on any atom is 0.0928 e. The Hall–Kier alpha value is -0.370. The minimum atomic E-state index is -0.175. The van der Waals surface area contributed by atoms with E-state index >= 15 is 0 Å². The average molecular weight is 271 g/mol. The van der Waals surface area contributed by atoms with Gasteiger partial charge >= 0.3 is 0 Å². The van der Waals surface area contributed by atoms with Crippen LogP contribution >= 0.6 is 15.9 Å². The molecular formula is C13H16BrF. The molecule has 0 nitrogen and oxygen atoms in total. The summed E-state index contributed by atoms with van der Waals surface area (Å²) in [5, 5.41) is 0. The van der Waals surface area contributed by atoms with Crippen LogP contribution in [0.4, 0.5) is 4.39 Å². The SMILES string of the molecule is FCC1CCCCC1c1ccccc1Br. The zero-order valence-corrected chi connectivity index (χ0v) is 10.3. The fraction of sp³-hybridized carbons (Fsp3) is 0.538. The van der Waals surface area contributed by atoms with Crippen molar-refractivity contribution in [3.05, 3.63) is 34.3 Å². The van der Waals surface area contributed by atoms with E-state index in [0.29, 0.717) is 5.92 Å². The van der Waals surface area contributed by atoms with Crippen molar-refractivity contribution in [3.8, 4) is 0 Å². The van der Waals surface area contributed by atoms with Crippen LogP contribution < -0.4 is 0 Å². The van der Waals surface area contributed by atoms with Crippen LogP contribution in [0.5, 0.6) is 0 Å². The van der Waals surface area contributed by atoms with E-state index in [4.69, 9.17) is 0 Å². The van der Waals surface area contributed by atoms with E-state index < -0.39 is 0 Å². The molecular weight excluding hydrogens is 255 g/mol. The topological polar surface area (TPSA) is 0 Å². The van der Waals surface area contributed by atoms with E-state index in [-0.39, 0.29) is 12.6 Å². The molecule has 1 aromatic rings. The monoisotopic (exact) mass is 270 g/mol. The number of benzene rings is 1. The first-order chi connectivity index (χ1) is 7.33. The molecule has 2 atom stereocenters. The molecule has 1 aliphatic carbocycles. The summed E-state index contributed by atoms with van der Waals surface area (Å²) >= 11 is 3.57. The van der Waals surface area contributed by atoms with E-state index in [1.165, 1.54) is 18.4 Å². The summed E-state index contributed by atoms with van der Waals surface area (Å²) in [6.07, 6.45) is 4.61. The van der Waals surface area contributed by atoms with Gasteiger partial charge in [-0.25, -0.2) is 0 Å². The van der Waals surface area contributed by atoms with E-state index in [9.17, 15) is 4.39 Å². The summed E-state index contributed by atoms with van der Waals surface area (Å²) in [6, 6.07) is 8.24. The Balaban J connectivity index is 2.24. The van der Waals surface area contributed by atoms with Crippen molar-refractivity contribution in [2.24, 2.45) is 5.92 Å². The van der Waals surface area contributed by atoms with Crippen molar-refractivity contribution >= 4 is 15.9 Å². The molecule has 0 heterocycles. The summed E-state index contributed by atoms with van der Waals surface area (Å²) < 4.78 is 14.1. The van der Waals surface area contributed by atoms with E-state index in [0.717, 1.165) is 17.3 Å². The third-order valence-electron chi connectivity index (χ3n) is 3.41. The van der Waals surface area contributed by atoms with Crippen LogP contribution in [0.15, 0.2) is 28.7 Å². The average Bonchev–Trinajstić information content (AvgIpc) is 2.30. The molecule has 15 heavy (non-hydrogen) atoms. The summed E-state index contributed by atoms with van der Waals surface area (Å²) in [4.78, 5) is 0. The van der Waals surface area contributed by atoms with Gasteiger partial charge in [0.15, 0.2) is 0 Å².